The van der Waals surface area contributed by atoms with E-state index in [1.165, 1.54) is 13.2 Å². The number of nitrogens with zero attached hydrogens (tertiary/aromatic N) is 1. The highest BCUT2D eigenvalue weighted by Crippen LogP contribution is 2.27. The van der Waals surface area contributed by atoms with Crippen LogP contribution in [0.15, 0.2) is 18.2 Å². The van der Waals surface area contributed by atoms with E-state index >= 15 is 0 Å². The first-order valence-electron chi connectivity index (χ1n) is 6.10. The summed E-state index contributed by atoms with van der Waals surface area (Å²) in [5.74, 6) is 0.178. The predicted molar refractivity (Wildman–Crippen MR) is 73.4 cm³/mol. The van der Waals surface area contributed by atoms with Crippen molar-refractivity contribution >= 4 is 12.4 Å². The van der Waals surface area contributed by atoms with Gasteiger partial charge in [-0.1, -0.05) is 0 Å². The Labute approximate surface area is 118 Å². The Morgan fingerprint density at radius 2 is 2.05 bits per heavy atom. The lowest BCUT2D eigenvalue weighted by Crippen LogP contribution is -2.45. The fourth-order valence-electron chi connectivity index (χ4n) is 2.28. The van der Waals surface area contributed by atoms with Crippen LogP contribution in [0.1, 0.15) is 11.6 Å². The third kappa shape index (κ3) is 3.78. The smallest absolute Gasteiger partial charge is 0.128 e. The molecule has 0 spiro atoms. The van der Waals surface area contributed by atoms with Crippen molar-refractivity contribution in [3.8, 4) is 5.75 Å². The van der Waals surface area contributed by atoms with Crippen LogP contribution in [0, 0.1) is 5.82 Å². The van der Waals surface area contributed by atoms with Crippen molar-refractivity contribution in [2.75, 3.05) is 40.0 Å². The molecule has 0 amide bonds. The second kappa shape index (κ2) is 7.62. The van der Waals surface area contributed by atoms with E-state index < -0.39 is 12.7 Å². The number of hydrogen-bond donors (Lipinski definition) is 1. The molecule has 1 fully saturated rings. The maximum Gasteiger partial charge on any atom is 0.128 e. The highest BCUT2D eigenvalue weighted by Gasteiger charge is 2.24. The molecule has 0 unspecified atom stereocenters. The van der Waals surface area contributed by atoms with E-state index in [0.717, 1.165) is 26.2 Å². The molecule has 108 valence electrons. The van der Waals surface area contributed by atoms with Gasteiger partial charge in [0.15, 0.2) is 0 Å². The van der Waals surface area contributed by atoms with Gasteiger partial charge in [-0.3, -0.25) is 4.90 Å². The van der Waals surface area contributed by atoms with Gasteiger partial charge in [0, 0.05) is 31.7 Å². The summed E-state index contributed by atoms with van der Waals surface area (Å²) in [7, 11) is 1.52. The zero-order valence-electron chi connectivity index (χ0n) is 10.9. The Morgan fingerprint density at radius 3 is 2.63 bits per heavy atom. The molecule has 0 saturated carbocycles. The highest BCUT2D eigenvalue weighted by atomic mass is 35.5. The molecular weight excluding hydrogens is 274 g/mol. The van der Waals surface area contributed by atoms with Gasteiger partial charge in [0.1, 0.15) is 18.2 Å². The fraction of sp³-hybridized carbons (Fsp3) is 0.538. The second-order valence-corrected chi connectivity index (χ2v) is 4.34. The molecule has 1 N–H and O–H groups in total. The first-order valence-corrected chi connectivity index (χ1v) is 6.10. The minimum absolute atomic E-state index is 0. The Bertz CT molecular complexity index is 400. The van der Waals surface area contributed by atoms with Crippen molar-refractivity contribution in [3.05, 3.63) is 29.6 Å². The average molecular weight is 293 g/mol. The van der Waals surface area contributed by atoms with E-state index in [1.807, 2.05) is 4.90 Å². The number of ether oxygens (including phenoxy) is 1. The number of nitrogens with one attached hydrogen (secondary N) is 1. The van der Waals surface area contributed by atoms with Crippen LogP contribution in [0.25, 0.3) is 0 Å². The predicted octanol–water partition coefficient (Wildman–Crippen LogP) is 2.17. The van der Waals surface area contributed by atoms with Gasteiger partial charge in [-0.25, -0.2) is 8.78 Å². The summed E-state index contributed by atoms with van der Waals surface area (Å²) in [6, 6.07) is 3.94. The molecule has 1 atom stereocenters. The van der Waals surface area contributed by atoms with E-state index in [9.17, 15) is 8.78 Å². The molecule has 19 heavy (non-hydrogen) atoms. The monoisotopic (exact) mass is 292 g/mol. The number of rotatable bonds is 4. The number of hydrogen-bond acceptors (Lipinski definition) is 3. The molecule has 0 aromatic heterocycles. The van der Waals surface area contributed by atoms with Crippen molar-refractivity contribution < 1.29 is 13.5 Å². The molecule has 1 aliphatic heterocycles. The lowest BCUT2D eigenvalue weighted by molar-refractivity contribution is 0.144. The molecule has 1 aliphatic rings. The fourth-order valence-corrected chi connectivity index (χ4v) is 2.28. The topological polar surface area (TPSA) is 24.5 Å². The zero-order chi connectivity index (χ0) is 13.0. The lowest BCUT2D eigenvalue weighted by Gasteiger charge is -2.33. The van der Waals surface area contributed by atoms with Crippen molar-refractivity contribution in [1.82, 2.24) is 10.2 Å². The summed E-state index contributed by atoms with van der Waals surface area (Å²) in [5.41, 5.74) is 0.374. The minimum atomic E-state index is -0.593. The number of piperazine rings is 1. The number of alkyl halides is 1. The van der Waals surface area contributed by atoms with Gasteiger partial charge >= 0.3 is 0 Å². The molecule has 1 aromatic rings. The van der Waals surface area contributed by atoms with Crippen LogP contribution in [-0.4, -0.2) is 44.9 Å². The molecule has 6 heteroatoms. The van der Waals surface area contributed by atoms with Crippen LogP contribution < -0.4 is 10.1 Å². The van der Waals surface area contributed by atoms with Gasteiger partial charge in [0.2, 0.25) is 0 Å². The number of halogens is 3. The SMILES string of the molecule is COc1ccc(F)c([C@H](CF)N2CCNCC2)c1.Cl. The molecule has 2 rings (SSSR count). The Balaban J connectivity index is 0.00000180. The van der Waals surface area contributed by atoms with Crippen molar-refractivity contribution in [1.29, 1.82) is 0 Å². The first-order chi connectivity index (χ1) is 8.76. The molecule has 0 bridgehead atoms. The summed E-state index contributed by atoms with van der Waals surface area (Å²) in [6.07, 6.45) is 0. The van der Waals surface area contributed by atoms with Gasteiger partial charge in [0.25, 0.3) is 0 Å². The summed E-state index contributed by atoms with van der Waals surface area (Å²) in [6.45, 7) is 2.48. The number of methoxy groups -OCH3 is 1. The van der Waals surface area contributed by atoms with E-state index in [0.29, 0.717) is 11.3 Å². The molecule has 1 heterocycles. The van der Waals surface area contributed by atoms with E-state index in [1.54, 1.807) is 12.1 Å². The van der Waals surface area contributed by atoms with Crippen LogP contribution in [0.2, 0.25) is 0 Å². The van der Waals surface area contributed by atoms with Crippen molar-refractivity contribution in [2.45, 2.75) is 6.04 Å². The number of benzene rings is 1. The van der Waals surface area contributed by atoms with E-state index in [-0.39, 0.29) is 18.2 Å². The zero-order valence-corrected chi connectivity index (χ0v) is 11.7. The molecule has 1 saturated heterocycles. The van der Waals surface area contributed by atoms with E-state index in [2.05, 4.69) is 5.32 Å². The van der Waals surface area contributed by atoms with Gasteiger partial charge in [-0.15, -0.1) is 12.4 Å². The van der Waals surface area contributed by atoms with Crippen LogP contribution >= 0.6 is 12.4 Å². The minimum Gasteiger partial charge on any atom is -0.497 e. The van der Waals surface area contributed by atoms with Gasteiger partial charge in [-0.2, -0.15) is 0 Å². The average Bonchev–Trinajstić information content (AvgIpc) is 2.43. The molecule has 0 radical (unpaired) electrons. The van der Waals surface area contributed by atoms with Crippen LogP contribution in [0.5, 0.6) is 5.75 Å². The summed E-state index contributed by atoms with van der Waals surface area (Å²) in [4.78, 5) is 1.97. The molecular formula is C13H19ClF2N2O. The second-order valence-electron chi connectivity index (χ2n) is 4.34. The molecule has 3 nitrogen and oxygen atoms in total. The molecule has 0 aliphatic carbocycles. The maximum atomic E-state index is 13.8. The quantitative estimate of drug-likeness (QED) is 0.920. The summed E-state index contributed by atoms with van der Waals surface area (Å²) < 4.78 is 32.2. The Morgan fingerprint density at radius 1 is 1.37 bits per heavy atom. The highest BCUT2D eigenvalue weighted by molar-refractivity contribution is 5.85. The largest absolute Gasteiger partial charge is 0.497 e. The van der Waals surface area contributed by atoms with Crippen LogP contribution in [0.3, 0.4) is 0 Å². The third-order valence-corrected chi connectivity index (χ3v) is 3.30. The molecule has 1 aromatic carbocycles. The van der Waals surface area contributed by atoms with Crippen LogP contribution in [-0.2, 0) is 0 Å². The van der Waals surface area contributed by atoms with Crippen molar-refractivity contribution in [3.63, 3.8) is 0 Å². The summed E-state index contributed by atoms with van der Waals surface area (Å²) >= 11 is 0. The lowest BCUT2D eigenvalue weighted by atomic mass is 10.0. The summed E-state index contributed by atoms with van der Waals surface area (Å²) in [5, 5.41) is 3.20. The van der Waals surface area contributed by atoms with Gasteiger partial charge < -0.3 is 10.1 Å². The first kappa shape index (κ1) is 16.1. The van der Waals surface area contributed by atoms with Crippen LogP contribution in [0.4, 0.5) is 8.78 Å². The van der Waals surface area contributed by atoms with Gasteiger partial charge in [-0.05, 0) is 18.2 Å². The standard InChI is InChI=1S/C13H18F2N2O.ClH/c1-18-10-2-3-12(15)11(8-10)13(9-14)17-6-4-16-5-7-17;/h2-3,8,13,16H,4-7,9H2,1H3;1H/t13-;/m0./s1. The Kier molecular flexibility index (Phi) is 6.48. The van der Waals surface area contributed by atoms with E-state index in [4.69, 9.17) is 4.74 Å². The Hall–Kier alpha value is -0.910. The third-order valence-electron chi connectivity index (χ3n) is 3.30. The van der Waals surface area contributed by atoms with Gasteiger partial charge in [0.05, 0.1) is 13.2 Å². The van der Waals surface area contributed by atoms with Crippen molar-refractivity contribution in [2.24, 2.45) is 0 Å². The maximum absolute atomic E-state index is 13.8. The normalized spacial score (nSPS) is 17.6.